The molecule has 1 aliphatic carbocycles. The molecule has 0 saturated carbocycles. The average molecular weight is 454 g/mol. The second kappa shape index (κ2) is 11.9. The first-order valence-corrected chi connectivity index (χ1v) is 11.1. The fourth-order valence-corrected chi connectivity index (χ4v) is 4.26. The van der Waals surface area contributed by atoms with Crippen LogP contribution in [-0.4, -0.2) is 23.9 Å². The Balaban J connectivity index is 0.00000289. The molecule has 0 fully saturated rings. The van der Waals surface area contributed by atoms with E-state index in [-0.39, 0.29) is 31.0 Å². The van der Waals surface area contributed by atoms with Crippen molar-refractivity contribution in [2.24, 2.45) is 11.7 Å². The third-order valence-electron chi connectivity index (χ3n) is 6.08. The standard InChI is InChI=1S/C27H31NO3.ClH/c28-27(26(29)19-31-24-12-5-2-6-13-24)22-11-7-10-21-14-15-25(17-23(21)16-22)30-18-20-8-3-1-4-9-20;/h1-6,8-9,12-15,17,22,26-27,29H,7,10-11,16,18-19,28H2;1H/t22?,26-,27?;/m1./s1. The van der Waals surface area contributed by atoms with Gasteiger partial charge in [-0.15, -0.1) is 12.4 Å². The maximum absolute atomic E-state index is 10.7. The smallest absolute Gasteiger partial charge is 0.120 e. The van der Waals surface area contributed by atoms with Gasteiger partial charge < -0.3 is 20.3 Å². The van der Waals surface area contributed by atoms with E-state index in [1.807, 2.05) is 48.5 Å². The minimum atomic E-state index is -0.704. The summed E-state index contributed by atoms with van der Waals surface area (Å²) in [4.78, 5) is 0. The van der Waals surface area contributed by atoms with E-state index in [2.05, 4.69) is 30.3 Å². The molecule has 5 heteroatoms. The molecule has 0 heterocycles. The van der Waals surface area contributed by atoms with Gasteiger partial charge in [-0.2, -0.15) is 0 Å². The first-order chi connectivity index (χ1) is 15.2. The summed E-state index contributed by atoms with van der Waals surface area (Å²) in [6.45, 7) is 0.757. The number of aryl methyl sites for hydroxylation is 1. The van der Waals surface area contributed by atoms with Gasteiger partial charge in [-0.1, -0.05) is 54.6 Å². The molecule has 4 rings (SSSR count). The zero-order chi connectivity index (χ0) is 21.5. The second-order valence-electron chi connectivity index (χ2n) is 8.33. The van der Waals surface area contributed by atoms with Gasteiger partial charge in [0.2, 0.25) is 0 Å². The van der Waals surface area contributed by atoms with Crippen LogP contribution in [0.5, 0.6) is 11.5 Å². The number of ether oxygens (including phenoxy) is 2. The minimum absolute atomic E-state index is 0. The minimum Gasteiger partial charge on any atom is -0.491 e. The normalized spacial score (nSPS) is 17.2. The Morgan fingerprint density at radius 3 is 2.34 bits per heavy atom. The monoisotopic (exact) mass is 453 g/mol. The highest BCUT2D eigenvalue weighted by Gasteiger charge is 2.28. The van der Waals surface area contributed by atoms with Crippen LogP contribution in [0, 0.1) is 5.92 Å². The molecule has 0 radical (unpaired) electrons. The SMILES string of the molecule is Cl.NC(C1CCCc2ccc(OCc3ccccc3)cc2C1)[C@H](O)COc1ccccc1. The van der Waals surface area contributed by atoms with Gasteiger partial charge in [0.25, 0.3) is 0 Å². The fraction of sp³-hybridized carbons (Fsp3) is 0.333. The molecule has 3 aromatic rings. The lowest BCUT2D eigenvalue weighted by atomic mass is 9.87. The van der Waals surface area contributed by atoms with Crippen molar-refractivity contribution in [1.29, 1.82) is 0 Å². The average Bonchev–Trinajstić information content (AvgIpc) is 3.04. The fourth-order valence-electron chi connectivity index (χ4n) is 4.26. The molecule has 2 unspecified atom stereocenters. The van der Waals surface area contributed by atoms with Crippen LogP contribution in [0.3, 0.4) is 0 Å². The molecular weight excluding hydrogens is 422 g/mol. The Morgan fingerprint density at radius 1 is 0.875 bits per heavy atom. The number of halogens is 1. The quantitative estimate of drug-likeness (QED) is 0.473. The van der Waals surface area contributed by atoms with Crippen molar-refractivity contribution in [3.05, 3.63) is 95.6 Å². The number of benzene rings is 3. The highest BCUT2D eigenvalue weighted by atomic mass is 35.5. The van der Waals surface area contributed by atoms with E-state index in [9.17, 15) is 5.11 Å². The number of hydrogen-bond acceptors (Lipinski definition) is 4. The summed E-state index contributed by atoms with van der Waals surface area (Å²) in [5.41, 5.74) is 10.3. The van der Waals surface area contributed by atoms with Crippen LogP contribution >= 0.6 is 12.4 Å². The van der Waals surface area contributed by atoms with Crippen LogP contribution in [0.4, 0.5) is 0 Å². The summed E-state index contributed by atoms with van der Waals surface area (Å²) in [5, 5.41) is 10.7. The van der Waals surface area contributed by atoms with Crippen molar-refractivity contribution in [1.82, 2.24) is 0 Å². The molecule has 3 atom stereocenters. The number of fused-ring (bicyclic) bond motifs is 1. The van der Waals surface area contributed by atoms with E-state index in [1.54, 1.807) is 0 Å². The van der Waals surface area contributed by atoms with Crippen molar-refractivity contribution < 1.29 is 14.6 Å². The van der Waals surface area contributed by atoms with E-state index < -0.39 is 6.10 Å². The molecule has 0 saturated heterocycles. The van der Waals surface area contributed by atoms with Gasteiger partial charge >= 0.3 is 0 Å². The number of aliphatic hydroxyl groups excluding tert-OH is 1. The predicted octanol–water partition coefficient (Wildman–Crippen LogP) is 4.95. The topological polar surface area (TPSA) is 64.7 Å². The highest BCUT2D eigenvalue weighted by molar-refractivity contribution is 5.85. The van der Waals surface area contributed by atoms with E-state index in [0.29, 0.717) is 6.61 Å². The van der Waals surface area contributed by atoms with E-state index in [4.69, 9.17) is 15.2 Å². The predicted molar refractivity (Wildman–Crippen MR) is 131 cm³/mol. The molecule has 0 amide bonds. The van der Waals surface area contributed by atoms with E-state index >= 15 is 0 Å². The zero-order valence-corrected chi connectivity index (χ0v) is 19.0. The first kappa shape index (κ1) is 24.1. The third kappa shape index (κ3) is 6.49. The maximum Gasteiger partial charge on any atom is 0.120 e. The molecule has 3 aromatic carbocycles. The molecule has 0 bridgehead atoms. The molecule has 170 valence electrons. The summed E-state index contributed by atoms with van der Waals surface area (Å²) < 4.78 is 11.8. The Bertz CT molecular complexity index is 952. The zero-order valence-electron chi connectivity index (χ0n) is 18.2. The summed E-state index contributed by atoms with van der Waals surface area (Å²) >= 11 is 0. The third-order valence-corrected chi connectivity index (χ3v) is 6.08. The largest absolute Gasteiger partial charge is 0.491 e. The lowest BCUT2D eigenvalue weighted by molar-refractivity contribution is 0.0645. The molecule has 4 nitrogen and oxygen atoms in total. The summed E-state index contributed by atoms with van der Waals surface area (Å²) in [7, 11) is 0. The Kier molecular flexibility index (Phi) is 8.98. The summed E-state index contributed by atoms with van der Waals surface area (Å²) in [6, 6.07) is 25.8. The van der Waals surface area contributed by atoms with Gasteiger partial charge in [-0.25, -0.2) is 0 Å². The van der Waals surface area contributed by atoms with Crippen molar-refractivity contribution in [2.75, 3.05) is 6.61 Å². The van der Waals surface area contributed by atoms with Gasteiger partial charge in [0, 0.05) is 6.04 Å². The lowest BCUT2D eigenvalue weighted by Gasteiger charge is -2.27. The van der Waals surface area contributed by atoms with Crippen molar-refractivity contribution in [3.63, 3.8) is 0 Å². The number of para-hydroxylation sites is 1. The van der Waals surface area contributed by atoms with Gasteiger partial charge in [0.15, 0.2) is 0 Å². The summed E-state index contributed by atoms with van der Waals surface area (Å²) in [5.74, 6) is 1.84. The van der Waals surface area contributed by atoms with Crippen LogP contribution in [0.2, 0.25) is 0 Å². The van der Waals surface area contributed by atoms with Crippen molar-refractivity contribution in [2.45, 2.75) is 44.4 Å². The lowest BCUT2D eigenvalue weighted by Crippen LogP contribution is -2.45. The van der Waals surface area contributed by atoms with Crippen LogP contribution in [0.15, 0.2) is 78.9 Å². The molecular formula is C27H32ClNO3. The van der Waals surface area contributed by atoms with E-state index in [1.165, 1.54) is 11.1 Å². The first-order valence-electron chi connectivity index (χ1n) is 11.1. The van der Waals surface area contributed by atoms with Crippen molar-refractivity contribution in [3.8, 4) is 11.5 Å². The number of nitrogens with two attached hydrogens (primary N) is 1. The van der Waals surface area contributed by atoms with Crippen LogP contribution in [-0.2, 0) is 19.4 Å². The Labute approximate surface area is 196 Å². The van der Waals surface area contributed by atoms with Gasteiger partial charge in [0.1, 0.15) is 30.8 Å². The molecule has 0 aliphatic heterocycles. The highest BCUT2D eigenvalue weighted by Crippen LogP contribution is 2.30. The molecule has 0 aromatic heterocycles. The van der Waals surface area contributed by atoms with Crippen LogP contribution in [0.1, 0.15) is 29.5 Å². The van der Waals surface area contributed by atoms with Crippen LogP contribution in [0.25, 0.3) is 0 Å². The molecule has 3 N–H and O–H groups in total. The number of rotatable bonds is 8. The Hall–Kier alpha value is -2.53. The Morgan fingerprint density at radius 2 is 1.59 bits per heavy atom. The summed E-state index contributed by atoms with van der Waals surface area (Å²) in [6.07, 6.45) is 3.25. The number of hydrogen-bond donors (Lipinski definition) is 2. The number of aliphatic hydroxyl groups is 1. The van der Waals surface area contributed by atoms with Gasteiger partial charge in [0.05, 0.1) is 0 Å². The van der Waals surface area contributed by atoms with Gasteiger partial charge in [-0.3, -0.25) is 0 Å². The molecule has 1 aliphatic rings. The van der Waals surface area contributed by atoms with Crippen LogP contribution < -0.4 is 15.2 Å². The maximum atomic E-state index is 10.7. The van der Waals surface area contributed by atoms with E-state index in [0.717, 1.165) is 42.7 Å². The molecule has 32 heavy (non-hydrogen) atoms. The molecule has 0 spiro atoms. The van der Waals surface area contributed by atoms with Crippen molar-refractivity contribution >= 4 is 12.4 Å². The second-order valence-corrected chi connectivity index (χ2v) is 8.33. The van der Waals surface area contributed by atoms with Gasteiger partial charge in [-0.05, 0) is 72.6 Å².